The van der Waals surface area contributed by atoms with Gasteiger partial charge in [0.15, 0.2) is 11.9 Å². The molecule has 0 fully saturated rings. The molecule has 4 rings (SSSR count). The van der Waals surface area contributed by atoms with E-state index in [2.05, 4.69) is 4.74 Å². The summed E-state index contributed by atoms with van der Waals surface area (Å²) in [5.74, 6) is -0.770. The molecule has 6 nitrogen and oxygen atoms in total. The predicted molar refractivity (Wildman–Crippen MR) is 141 cm³/mol. The second-order valence-corrected chi connectivity index (χ2v) is 9.23. The van der Waals surface area contributed by atoms with Crippen LogP contribution in [0.5, 0.6) is 11.5 Å². The number of fused-ring (bicyclic) bond motifs is 1. The van der Waals surface area contributed by atoms with Crippen LogP contribution >= 0.6 is 11.6 Å². The molecule has 39 heavy (non-hydrogen) atoms. The minimum Gasteiger partial charge on any atom is -0.479 e. The summed E-state index contributed by atoms with van der Waals surface area (Å²) in [6.07, 6.45) is -5.26. The van der Waals surface area contributed by atoms with Gasteiger partial charge in [-0.3, -0.25) is 4.79 Å². The first-order chi connectivity index (χ1) is 18.5. The van der Waals surface area contributed by atoms with E-state index in [0.29, 0.717) is 44.9 Å². The standard InChI is InChI=1S/C29H25ClF3NO5/c1-4-25(28(36)37-3)38-21-7-5-6-18(14-21)16-34-17(2)26(27(35)19-8-10-20(30)11-9-19)23-13-12-22(15-24(23)34)39-29(31,32)33/h5-15,25H,4,16H2,1-3H3/t25-/m0/s1. The number of hydrogen-bond donors (Lipinski definition) is 0. The summed E-state index contributed by atoms with van der Waals surface area (Å²) in [6.45, 7) is 3.73. The van der Waals surface area contributed by atoms with Crippen LogP contribution in [0.1, 0.15) is 40.5 Å². The summed E-state index contributed by atoms with van der Waals surface area (Å²) in [6, 6.07) is 17.3. The van der Waals surface area contributed by atoms with Crippen molar-refractivity contribution in [2.75, 3.05) is 7.11 Å². The quantitative estimate of drug-likeness (QED) is 0.161. The maximum absolute atomic E-state index is 13.5. The minimum atomic E-state index is -4.87. The number of hydrogen-bond acceptors (Lipinski definition) is 5. The number of carbonyl (C=O) groups is 2. The Morgan fingerprint density at radius 2 is 1.72 bits per heavy atom. The van der Waals surface area contributed by atoms with Crippen molar-refractivity contribution in [3.05, 3.63) is 94.1 Å². The molecular formula is C29H25ClF3NO5. The molecule has 0 amide bonds. The van der Waals surface area contributed by atoms with Gasteiger partial charge in [0.25, 0.3) is 0 Å². The van der Waals surface area contributed by atoms with Crippen LogP contribution in [0.3, 0.4) is 0 Å². The Morgan fingerprint density at radius 1 is 1.00 bits per heavy atom. The first kappa shape index (κ1) is 28.0. The van der Waals surface area contributed by atoms with Crippen molar-refractivity contribution >= 4 is 34.3 Å². The van der Waals surface area contributed by atoms with E-state index in [9.17, 15) is 22.8 Å². The zero-order valence-corrected chi connectivity index (χ0v) is 22.1. The fourth-order valence-corrected chi connectivity index (χ4v) is 4.51. The molecule has 0 saturated heterocycles. The van der Waals surface area contributed by atoms with Crippen molar-refractivity contribution < 1.29 is 37.0 Å². The van der Waals surface area contributed by atoms with Gasteiger partial charge in [0.2, 0.25) is 0 Å². The molecule has 10 heteroatoms. The lowest BCUT2D eigenvalue weighted by Crippen LogP contribution is -2.27. The van der Waals surface area contributed by atoms with Crippen molar-refractivity contribution in [3.8, 4) is 11.5 Å². The van der Waals surface area contributed by atoms with Crippen LogP contribution in [0.25, 0.3) is 10.9 Å². The van der Waals surface area contributed by atoms with Crippen molar-refractivity contribution in [2.24, 2.45) is 0 Å². The number of carbonyl (C=O) groups excluding carboxylic acids is 2. The largest absolute Gasteiger partial charge is 0.573 e. The molecule has 0 radical (unpaired) electrons. The second kappa shape index (κ2) is 11.4. The average Bonchev–Trinajstić information content (AvgIpc) is 3.16. The molecule has 0 spiro atoms. The number of rotatable bonds is 9. The van der Waals surface area contributed by atoms with Crippen LogP contribution in [0.2, 0.25) is 5.02 Å². The van der Waals surface area contributed by atoms with Crippen LogP contribution in [-0.2, 0) is 16.1 Å². The topological polar surface area (TPSA) is 66.8 Å². The maximum Gasteiger partial charge on any atom is 0.573 e. The van der Waals surface area contributed by atoms with Gasteiger partial charge in [-0.05, 0) is 67.4 Å². The Kier molecular flexibility index (Phi) is 8.20. The van der Waals surface area contributed by atoms with Gasteiger partial charge in [-0.25, -0.2) is 4.79 Å². The van der Waals surface area contributed by atoms with Crippen LogP contribution in [-0.4, -0.2) is 35.9 Å². The highest BCUT2D eigenvalue weighted by molar-refractivity contribution is 6.30. The minimum absolute atomic E-state index is 0.206. The fourth-order valence-electron chi connectivity index (χ4n) is 4.38. The Hall–Kier alpha value is -3.98. The van der Waals surface area contributed by atoms with Gasteiger partial charge in [0.05, 0.1) is 18.2 Å². The molecule has 0 aliphatic heterocycles. The van der Waals surface area contributed by atoms with E-state index in [-0.39, 0.29) is 12.3 Å². The zero-order chi connectivity index (χ0) is 28.3. The van der Waals surface area contributed by atoms with Crippen molar-refractivity contribution in [1.29, 1.82) is 0 Å². The third-order valence-electron chi connectivity index (χ3n) is 6.22. The van der Waals surface area contributed by atoms with Crippen LogP contribution in [0.4, 0.5) is 13.2 Å². The number of nitrogens with zero attached hydrogens (tertiary/aromatic N) is 1. The first-order valence-electron chi connectivity index (χ1n) is 12.0. The lowest BCUT2D eigenvalue weighted by Gasteiger charge is -2.16. The molecule has 1 heterocycles. The highest BCUT2D eigenvalue weighted by Gasteiger charge is 2.32. The zero-order valence-electron chi connectivity index (χ0n) is 21.3. The average molecular weight is 560 g/mol. The molecule has 0 unspecified atom stereocenters. The summed E-state index contributed by atoms with van der Waals surface area (Å²) in [4.78, 5) is 25.5. The molecule has 4 aromatic rings. The molecular weight excluding hydrogens is 535 g/mol. The fraction of sp³-hybridized carbons (Fsp3) is 0.241. The van der Waals surface area contributed by atoms with Crippen molar-refractivity contribution in [1.82, 2.24) is 4.57 Å². The van der Waals surface area contributed by atoms with Crippen molar-refractivity contribution in [3.63, 3.8) is 0 Å². The molecule has 3 aromatic carbocycles. The molecule has 1 aromatic heterocycles. The van der Waals surface area contributed by atoms with E-state index >= 15 is 0 Å². The molecule has 0 bridgehead atoms. The SMILES string of the molecule is CC[C@H](Oc1cccc(Cn2c(C)c(C(=O)c3ccc(Cl)cc3)c3ccc(OC(F)(F)F)cc32)c1)C(=O)OC. The van der Waals surface area contributed by atoms with Gasteiger partial charge in [0.1, 0.15) is 11.5 Å². The number of ketones is 1. The second-order valence-electron chi connectivity index (χ2n) is 8.79. The summed E-state index contributed by atoms with van der Waals surface area (Å²) in [5.41, 5.74) is 2.43. The summed E-state index contributed by atoms with van der Waals surface area (Å²) >= 11 is 5.98. The summed E-state index contributed by atoms with van der Waals surface area (Å²) < 4.78 is 55.4. The van der Waals surface area contributed by atoms with Crippen LogP contribution < -0.4 is 9.47 Å². The molecule has 0 N–H and O–H groups in total. The van der Waals surface area contributed by atoms with E-state index in [1.165, 1.54) is 25.3 Å². The van der Waals surface area contributed by atoms with Gasteiger partial charge < -0.3 is 18.8 Å². The monoisotopic (exact) mass is 559 g/mol. The van der Waals surface area contributed by atoms with Gasteiger partial charge in [0, 0.05) is 34.3 Å². The van der Waals surface area contributed by atoms with Crippen LogP contribution in [0, 0.1) is 6.92 Å². The third-order valence-corrected chi connectivity index (χ3v) is 6.47. The maximum atomic E-state index is 13.5. The number of halogens is 4. The normalized spacial score (nSPS) is 12.3. The molecule has 0 saturated carbocycles. The number of ether oxygens (including phenoxy) is 3. The van der Waals surface area contributed by atoms with Gasteiger partial charge in [-0.15, -0.1) is 13.2 Å². The number of methoxy groups -OCH3 is 1. The number of esters is 1. The first-order valence-corrected chi connectivity index (χ1v) is 12.4. The van der Waals surface area contributed by atoms with E-state index in [1.807, 2.05) is 6.07 Å². The third kappa shape index (κ3) is 6.37. The molecule has 1 atom stereocenters. The summed E-state index contributed by atoms with van der Waals surface area (Å²) in [5, 5.41) is 0.949. The molecule has 0 aliphatic carbocycles. The lowest BCUT2D eigenvalue weighted by molar-refractivity contribution is -0.274. The van der Waals surface area contributed by atoms with E-state index in [0.717, 1.165) is 5.56 Å². The van der Waals surface area contributed by atoms with Crippen molar-refractivity contribution in [2.45, 2.75) is 39.3 Å². The van der Waals surface area contributed by atoms with Gasteiger partial charge in [-0.2, -0.15) is 0 Å². The van der Waals surface area contributed by atoms with E-state index < -0.39 is 24.2 Å². The number of alkyl halides is 3. The molecule has 0 aliphatic rings. The van der Waals surface area contributed by atoms with Gasteiger partial charge >= 0.3 is 12.3 Å². The van der Waals surface area contributed by atoms with E-state index in [1.54, 1.807) is 60.9 Å². The lowest BCUT2D eigenvalue weighted by atomic mass is 10.0. The Bertz CT molecular complexity index is 1510. The summed E-state index contributed by atoms with van der Waals surface area (Å²) in [7, 11) is 1.28. The predicted octanol–water partition coefficient (Wildman–Crippen LogP) is 7.11. The highest BCUT2D eigenvalue weighted by atomic mass is 35.5. The smallest absolute Gasteiger partial charge is 0.479 e. The highest BCUT2D eigenvalue weighted by Crippen LogP contribution is 2.34. The van der Waals surface area contributed by atoms with Crippen LogP contribution in [0.15, 0.2) is 66.7 Å². The number of aromatic nitrogens is 1. The number of benzene rings is 3. The Labute approximate surface area is 227 Å². The molecule has 204 valence electrons. The van der Waals surface area contributed by atoms with Gasteiger partial charge in [-0.1, -0.05) is 30.7 Å². The Balaban J connectivity index is 1.78. The Morgan fingerprint density at radius 3 is 2.36 bits per heavy atom. The van der Waals surface area contributed by atoms with E-state index in [4.69, 9.17) is 21.1 Å².